The molecule has 1 N–H and O–H groups in total. The van der Waals surface area contributed by atoms with Crippen molar-refractivity contribution in [3.05, 3.63) is 23.1 Å². The van der Waals surface area contributed by atoms with Gasteiger partial charge < -0.3 is 9.73 Å². The Morgan fingerprint density at radius 1 is 1.50 bits per heavy atom. The van der Waals surface area contributed by atoms with Crippen molar-refractivity contribution in [2.24, 2.45) is 5.41 Å². The van der Waals surface area contributed by atoms with E-state index < -0.39 is 0 Å². The van der Waals surface area contributed by atoms with Gasteiger partial charge in [-0.1, -0.05) is 13.3 Å². The van der Waals surface area contributed by atoms with E-state index in [1.165, 1.54) is 19.3 Å². The predicted molar refractivity (Wildman–Crippen MR) is 57.4 cm³/mol. The first-order valence-corrected chi connectivity index (χ1v) is 5.51. The van der Waals surface area contributed by atoms with E-state index in [-0.39, 0.29) is 0 Å². The van der Waals surface area contributed by atoms with Crippen molar-refractivity contribution in [2.75, 3.05) is 6.54 Å². The second-order valence-electron chi connectivity index (χ2n) is 4.47. The fourth-order valence-corrected chi connectivity index (χ4v) is 2.05. The lowest BCUT2D eigenvalue weighted by Gasteiger charge is -2.38. The highest BCUT2D eigenvalue weighted by molar-refractivity contribution is 6.28. The highest BCUT2D eigenvalue weighted by Crippen LogP contribution is 2.39. The molecule has 1 aliphatic rings. The first-order chi connectivity index (χ1) is 6.68. The SMILES string of the molecule is CC1(CNCc2ccc(Cl)o2)CCC1. The Morgan fingerprint density at radius 2 is 2.29 bits per heavy atom. The van der Waals surface area contributed by atoms with Crippen molar-refractivity contribution in [2.45, 2.75) is 32.7 Å². The van der Waals surface area contributed by atoms with Gasteiger partial charge >= 0.3 is 0 Å². The van der Waals surface area contributed by atoms with Crippen molar-refractivity contribution in [1.29, 1.82) is 0 Å². The van der Waals surface area contributed by atoms with E-state index in [0.29, 0.717) is 10.6 Å². The summed E-state index contributed by atoms with van der Waals surface area (Å²) in [5.74, 6) is 0.915. The summed E-state index contributed by atoms with van der Waals surface area (Å²) < 4.78 is 5.25. The minimum Gasteiger partial charge on any atom is -0.448 e. The van der Waals surface area contributed by atoms with Gasteiger partial charge in [-0.25, -0.2) is 0 Å². The van der Waals surface area contributed by atoms with Gasteiger partial charge in [-0.05, 0) is 42.0 Å². The molecule has 0 bridgehead atoms. The minimum absolute atomic E-state index is 0.469. The van der Waals surface area contributed by atoms with E-state index in [4.69, 9.17) is 16.0 Å². The summed E-state index contributed by atoms with van der Waals surface area (Å²) in [4.78, 5) is 0. The van der Waals surface area contributed by atoms with Crippen LogP contribution in [-0.2, 0) is 6.54 Å². The Kier molecular flexibility index (Phi) is 2.84. The lowest BCUT2D eigenvalue weighted by molar-refractivity contribution is 0.155. The van der Waals surface area contributed by atoms with Crippen LogP contribution in [0.25, 0.3) is 0 Å². The average Bonchev–Trinajstić information content (AvgIpc) is 2.49. The van der Waals surface area contributed by atoms with E-state index in [9.17, 15) is 0 Å². The van der Waals surface area contributed by atoms with Gasteiger partial charge in [0.25, 0.3) is 0 Å². The highest BCUT2D eigenvalue weighted by Gasteiger charge is 2.30. The summed E-state index contributed by atoms with van der Waals surface area (Å²) in [6.45, 7) is 4.19. The van der Waals surface area contributed by atoms with Crippen LogP contribution in [0.4, 0.5) is 0 Å². The maximum absolute atomic E-state index is 5.67. The van der Waals surface area contributed by atoms with Gasteiger partial charge in [-0.2, -0.15) is 0 Å². The summed E-state index contributed by atoms with van der Waals surface area (Å²) in [5, 5.41) is 3.87. The lowest BCUT2D eigenvalue weighted by atomic mass is 9.70. The Labute approximate surface area is 89.6 Å². The molecule has 2 rings (SSSR count). The molecular weight excluding hydrogens is 198 g/mol. The van der Waals surface area contributed by atoms with Crippen molar-refractivity contribution in [3.8, 4) is 0 Å². The number of furan rings is 1. The van der Waals surface area contributed by atoms with E-state index in [2.05, 4.69) is 12.2 Å². The van der Waals surface area contributed by atoms with Crippen molar-refractivity contribution in [1.82, 2.24) is 5.32 Å². The fourth-order valence-electron chi connectivity index (χ4n) is 1.89. The zero-order valence-corrected chi connectivity index (χ0v) is 9.23. The molecule has 1 fully saturated rings. The largest absolute Gasteiger partial charge is 0.448 e. The molecule has 1 saturated carbocycles. The molecule has 1 aliphatic carbocycles. The third-order valence-corrected chi connectivity index (χ3v) is 3.24. The zero-order valence-electron chi connectivity index (χ0n) is 8.48. The van der Waals surface area contributed by atoms with Crippen LogP contribution in [0.15, 0.2) is 16.5 Å². The van der Waals surface area contributed by atoms with Crippen molar-refractivity contribution >= 4 is 11.6 Å². The lowest BCUT2D eigenvalue weighted by Crippen LogP contribution is -2.36. The number of nitrogens with one attached hydrogen (secondary N) is 1. The molecule has 0 amide bonds. The summed E-state index contributed by atoms with van der Waals surface area (Å²) in [6, 6.07) is 3.70. The molecule has 1 aromatic heterocycles. The highest BCUT2D eigenvalue weighted by atomic mass is 35.5. The zero-order chi connectivity index (χ0) is 10.0. The van der Waals surface area contributed by atoms with Gasteiger partial charge in [0, 0.05) is 6.54 Å². The standard InChI is InChI=1S/C11H16ClNO/c1-11(5-2-6-11)8-13-7-9-3-4-10(12)14-9/h3-4,13H,2,5-8H2,1H3. The first kappa shape index (κ1) is 10.1. The van der Waals surface area contributed by atoms with Crippen LogP contribution in [0.3, 0.4) is 0 Å². The smallest absolute Gasteiger partial charge is 0.193 e. The molecule has 78 valence electrons. The molecular formula is C11H16ClNO. The Bertz CT molecular complexity index is 304. The maximum atomic E-state index is 5.67. The first-order valence-electron chi connectivity index (χ1n) is 5.13. The molecule has 0 saturated heterocycles. The average molecular weight is 214 g/mol. The van der Waals surface area contributed by atoms with Crippen LogP contribution in [0.2, 0.25) is 5.22 Å². The molecule has 0 aromatic carbocycles. The molecule has 3 heteroatoms. The van der Waals surface area contributed by atoms with E-state index in [0.717, 1.165) is 18.8 Å². The van der Waals surface area contributed by atoms with E-state index in [1.807, 2.05) is 6.07 Å². The molecule has 0 radical (unpaired) electrons. The van der Waals surface area contributed by atoms with Crippen LogP contribution >= 0.6 is 11.6 Å². The van der Waals surface area contributed by atoms with Gasteiger partial charge in [-0.3, -0.25) is 0 Å². The summed E-state index contributed by atoms with van der Waals surface area (Å²) in [6.07, 6.45) is 4.07. The Balaban J connectivity index is 1.72. The van der Waals surface area contributed by atoms with E-state index in [1.54, 1.807) is 6.07 Å². The van der Waals surface area contributed by atoms with Crippen LogP contribution in [-0.4, -0.2) is 6.54 Å². The van der Waals surface area contributed by atoms with Crippen LogP contribution in [0.5, 0.6) is 0 Å². The summed E-state index contributed by atoms with van der Waals surface area (Å²) in [5.41, 5.74) is 0.524. The van der Waals surface area contributed by atoms with Crippen LogP contribution < -0.4 is 5.32 Å². The summed E-state index contributed by atoms with van der Waals surface area (Å²) >= 11 is 5.67. The minimum atomic E-state index is 0.469. The third-order valence-electron chi connectivity index (χ3n) is 3.04. The second-order valence-corrected chi connectivity index (χ2v) is 4.85. The third kappa shape index (κ3) is 2.31. The monoisotopic (exact) mass is 213 g/mol. The van der Waals surface area contributed by atoms with Gasteiger partial charge in [0.05, 0.1) is 6.54 Å². The molecule has 1 aromatic rings. The normalized spacial score (nSPS) is 19.3. The molecule has 0 atom stereocenters. The van der Waals surface area contributed by atoms with Gasteiger partial charge in [-0.15, -0.1) is 0 Å². The number of hydrogen-bond acceptors (Lipinski definition) is 2. The predicted octanol–water partition coefficient (Wildman–Crippen LogP) is 3.21. The molecule has 14 heavy (non-hydrogen) atoms. The maximum Gasteiger partial charge on any atom is 0.193 e. The molecule has 1 heterocycles. The molecule has 0 unspecified atom stereocenters. The van der Waals surface area contributed by atoms with E-state index >= 15 is 0 Å². The fraction of sp³-hybridized carbons (Fsp3) is 0.636. The number of hydrogen-bond donors (Lipinski definition) is 1. The number of rotatable bonds is 4. The number of halogens is 1. The second kappa shape index (κ2) is 3.95. The topological polar surface area (TPSA) is 25.2 Å². The van der Waals surface area contributed by atoms with Gasteiger partial charge in [0.2, 0.25) is 0 Å². The van der Waals surface area contributed by atoms with Crippen molar-refractivity contribution < 1.29 is 4.42 Å². The Morgan fingerprint density at radius 3 is 2.79 bits per heavy atom. The molecule has 2 nitrogen and oxygen atoms in total. The Hall–Kier alpha value is -0.470. The molecule has 0 spiro atoms. The van der Waals surface area contributed by atoms with Gasteiger partial charge in [0.15, 0.2) is 5.22 Å². The quantitative estimate of drug-likeness (QED) is 0.831. The van der Waals surface area contributed by atoms with Crippen LogP contribution in [0.1, 0.15) is 31.9 Å². The summed E-state index contributed by atoms with van der Waals surface area (Å²) in [7, 11) is 0. The molecule has 0 aliphatic heterocycles. The van der Waals surface area contributed by atoms with Crippen LogP contribution in [0, 0.1) is 5.41 Å². The van der Waals surface area contributed by atoms with Crippen molar-refractivity contribution in [3.63, 3.8) is 0 Å². The van der Waals surface area contributed by atoms with Gasteiger partial charge in [0.1, 0.15) is 5.76 Å².